The third-order valence-electron chi connectivity index (χ3n) is 2.64. The summed E-state index contributed by atoms with van der Waals surface area (Å²) in [5.74, 6) is 0.238. The minimum absolute atomic E-state index is 0.238. The van der Waals surface area contributed by atoms with Crippen molar-refractivity contribution in [3.8, 4) is 5.75 Å². The Morgan fingerprint density at radius 2 is 1.87 bits per heavy atom. The molecule has 0 spiro atoms. The van der Waals surface area contributed by atoms with Gasteiger partial charge in [0.15, 0.2) is 0 Å². The molecule has 1 unspecified atom stereocenters. The van der Waals surface area contributed by atoms with Gasteiger partial charge in [0.05, 0.1) is 0 Å². The highest BCUT2D eigenvalue weighted by atomic mass is 17.2. The van der Waals surface area contributed by atoms with Crippen LogP contribution in [0.4, 0.5) is 0 Å². The largest absolute Gasteiger partial charge is 0.508 e. The fourth-order valence-corrected chi connectivity index (χ4v) is 1.50. The fourth-order valence-electron chi connectivity index (χ4n) is 1.50. The molecule has 1 N–H and O–H groups in total. The van der Waals surface area contributed by atoms with E-state index in [4.69, 9.17) is 9.78 Å². The van der Waals surface area contributed by atoms with E-state index in [0.29, 0.717) is 0 Å². The molecule has 0 bridgehead atoms. The zero-order valence-electron chi connectivity index (χ0n) is 8.86. The highest BCUT2D eigenvalue weighted by Gasteiger charge is 2.39. The third-order valence-corrected chi connectivity index (χ3v) is 2.64. The summed E-state index contributed by atoms with van der Waals surface area (Å²) in [6, 6.07) is 6.85. The predicted molar refractivity (Wildman–Crippen MR) is 56.2 cm³/mol. The van der Waals surface area contributed by atoms with Gasteiger partial charge < -0.3 is 5.11 Å². The Kier molecular flexibility index (Phi) is 2.29. The summed E-state index contributed by atoms with van der Waals surface area (Å²) in [4.78, 5) is 10.4. The van der Waals surface area contributed by atoms with Crippen LogP contribution in [0, 0.1) is 0 Å². The normalized spacial score (nSPS) is 24.4. The molecule has 3 nitrogen and oxygen atoms in total. The van der Waals surface area contributed by atoms with Crippen molar-refractivity contribution < 1.29 is 14.9 Å². The molecule has 1 aromatic rings. The molecule has 0 amide bonds. The van der Waals surface area contributed by atoms with Crippen molar-refractivity contribution in [3.63, 3.8) is 0 Å². The van der Waals surface area contributed by atoms with Gasteiger partial charge in [0.1, 0.15) is 17.5 Å². The van der Waals surface area contributed by atoms with Gasteiger partial charge in [-0.15, -0.1) is 0 Å². The maximum absolute atomic E-state index is 9.17. The van der Waals surface area contributed by atoms with Gasteiger partial charge in [-0.2, -0.15) is 0 Å². The van der Waals surface area contributed by atoms with Gasteiger partial charge in [0, 0.05) is 0 Å². The van der Waals surface area contributed by atoms with Crippen molar-refractivity contribution >= 4 is 0 Å². The first-order chi connectivity index (χ1) is 7.00. The average molecular weight is 206 g/mol. The van der Waals surface area contributed by atoms with E-state index in [2.05, 4.69) is 6.58 Å². The monoisotopic (exact) mass is 206 g/mol. The molecule has 0 radical (unpaired) electrons. The van der Waals surface area contributed by atoms with Crippen molar-refractivity contribution in [3.05, 3.63) is 42.0 Å². The van der Waals surface area contributed by atoms with E-state index in [1.165, 1.54) is 0 Å². The van der Waals surface area contributed by atoms with E-state index >= 15 is 0 Å². The van der Waals surface area contributed by atoms with Crippen LogP contribution in [0.3, 0.4) is 0 Å². The lowest BCUT2D eigenvalue weighted by molar-refractivity contribution is -0.320. The molecule has 15 heavy (non-hydrogen) atoms. The lowest BCUT2D eigenvalue weighted by atomic mass is 9.92. The smallest absolute Gasteiger partial charge is 0.142 e. The minimum atomic E-state index is -0.456. The van der Waals surface area contributed by atoms with Gasteiger partial charge in [-0.25, -0.2) is 9.78 Å². The number of phenols is 1. The van der Waals surface area contributed by atoms with Gasteiger partial charge in [0.2, 0.25) is 0 Å². The number of hydrogen-bond donors (Lipinski definition) is 1. The average Bonchev–Trinajstić information content (AvgIpc) is 2.45. The quantitative estimate of drug-likeness (QED) is 0.567. The summed E-state index contributed by atoms with van der Waals surface area (Å²) in [6.45, 7) is 7.80. The van der Waals surface area contributed by atoms with Gasteiger partial charge in [-0.05, 0) is 37.1 Å². The standard InChI is InChI=1S/C12H14O3/c1-8-11(14-15-12(8,2)3)9-4-6-10(13)7-5-9/h4-7,11,13H,1H2,2-3H3. The Morgan fingerprint density at radius 1 is 1.27 bits per heavy atom. The summed E-state index contributed by atoms with van der Waals surface area (Å²) in [7, 11) is 0. The Bertz CT molecular complexity index is 378. The molecule has 2 rings (SSSR count). The predicted octanol–water partition coefficient (Wildman–Crippen LogP) is 2.73. The van der Waals surface area contributed by atoms with Crippen molar-refractivity contribution in [1.29, 1.82) is 0 Å². The molecule has 80 valence electrons. The first-order valence-corrected chi connectivity index (χ1v) is 4.83. The van der Waals surface area contributed by atoms with E-state index in [1.807, 2.05) is 13.8 Å². The molecule has 0 saturated carbocycles. The van der Waals surface area contributed by atoms with Crippen LogP contribution < -0.4 is 0 Å². The maximum atomic E-state index is 9.17. The topological polar surface area (TPSA) is 38.7 Å². The van der Waals surface area contributed by atoms with Crippen LogP contribution in [0.25, 0.3) is 0 Å². The second-order valence-electron chi connectivity index (χ2n) is 4.19. The summed E-state index contributed by atoms with van der Waals surface area (Å²) < 4.78 is 0. The van der Waals surface area contributed by atoms with Crippen molar-refractivity contribution in [2.24, 2.45) is 0 Å². The van der Waals surface area contributed by atoms with Crippen LogP contribution in [0.2, 0.25) is 0 Å². The Hall–Kier alpha value is -1.32. The van der Waals surface area contributed by atoms with E-state index in [0.717, 1.165) is 11.1 Å². The van der Waals surface area contributed by atoms with E-state index in [9.17, 15) is 5.11 Å². The van der Waals surface area contributed by atoms with Crippen LogP contribution in [0.15, 0.2) is 36.4 Å². The van der Waals surface area contributed by atoms with Crippen LogP contribution in [-0.4, -0.2) is 10.7 Å². The zero-order valence-corrected chi connectivity index (χ0v) is 8.86. The molecule has 0 aromatic heterocycles. The van der Waals surface area contributed by atoms with Crippen molar-refractivity contribution in [2.75, 3.05) is 0 Å². The van der Waals surface area contributed by atoms with E-state index in [1.54, 1.807) is 24.3 Å². The summed E-state index contributed by atoms with van der Waals surface area (Å²) in [5, 5.41) is 9.17. The number of rotatable bonds is 1. The molecule has 1 fully saturated rings. The number of phenolic OH excluding ortho intramolecular Hbond substituents is 1. The Balaban J connectivity index is 2.27. The van der Waals surface area contributed by atoms with Crippen LogP contribution in [0.5, 0.6) is 5.75 Å². The maximum Gasteiger partial charge on any atom is 0.142 e. The van der Waals surface area contributed by atoms with Crippen molar-refractivity contribution in [1.82, 2.24) is 0 Å². The number of hydrogen-bond acceptors (Lipinski definition) is 3. The summed E-state index contributed by atoms with van der Waals surface area (Å²) >= 11 is 0. The molecule has 3 heteroatoms. The second kappa shape index (κ2) is 3.36. The zero-order chi connectivity index (χ0) is 11.1. The highest BCUT2D eigenvalue weighted by Crippen LogP contribution is 2.41. The first kappa shape index (κ1) is 10.2. The molecule has 1 saturated heterocycles. The van der Waals surface area contributed by atoms with Crippen molar-refractivity contribution in [2.45, 2.75) is 25.6 Å². The fraction of sp³-hybridized carbons (Fsp3) is 0.333. The molecule has 1 aliphatic heterocycles. The molecule has 1 atom stereocenters. The van der Waals surface area contributed by atoms with Gasteiger partial charge >= 0.3 is 0 Å². The lowest BCUT2D eigenvalue weighted by Crippen LogP contribution is -2.19. The third kappa shape index (κ3) is 1.76. The molecule has 1 aliphatic rings. The SMILES string of the molecule is C=C1C(c2ccc(O)cc2)OOC1(C)C. The van der Waals surface area contributed by atoms with Gasteiger partial charge in [0.25, 0.3) is 0 Å². The first-order valence-electron chi connectivity index (χ1n) is 4.83. The summed E-state index contributed by atoms with van der Waals surface area (Å²) in [6.07, 6.45) is -0.249. The van der Waals surface area contributed by atoms with Gasteiger partial charge in [-0.1, -0.05) is 18.7 Å². The molecular weight excluding hydrogens is 192 g/mol. The van der Waals surface area contributed by atoms with Crippen LogP contribution in [0.1, 0.15) is 25.5 Å². The molecular formula is C12H14O3. The Morgan fingerprint density at radius 3 is 2.33 bits per heavy atom. The molecule has 1 aromatic carbocycles. The van der Waals surface area contributed by atoms with Gasteiger partial charge in [-0.3, -0.25) is 0 Å². The van der Waals surface area contributed by atoms with Crippen LogP contribution in [-0.2, 0) is 9.78 Å². The lowest BCUT2D eigenvalue weighted by Gasteiger charge is -2.15. The minimum Gasteiger partial charge on any atom is -0.508 e. The highest BCUT2D eigenvalue weighted by molar-refractivity contribution is 5.34. The summed E-state index contributed by atoms with van der Waals surface area (Å²) in [5.41, 5.74) is 1.36. The van der Waals surface area contributed by atoms with E-state index < -0.39 is 5.60 Å². The second-order valence-corrected chi connectivity index (χ2v) is 4.19. The van der Waals surface area contributed by atoms with E-state index in [-0.39, 0.29) is 11.9 Å². The number of benzene rings is 1. The molecule has 1 heterocycles. The Labute approximate surface area is 88.9 Å². The molecule has 0 aliphatic carbocycles. The number of aromatic hydroxyl groups is 1. The van der Waals surface area contributed by atoms with Crippen LogP contribution >= 0.6 is 0 Å².